The summed E-state index contributed by atoms with van der Waals surface area (Å²) in [6.07, 6.45) is 13.2. The summed E-state index contributed by atoms with van der Waals surface area (Å²) in [6.45, 7) is 5.67. The first kappa shape index (κ1) is 36.8. The first-order valence-corrected chi connectivity index (χ1v) is 19.0. The van der Waals surface area contributed by atoms with Crippen molar-refractivity contribution < 1.29 is 28.4 Å². The number of hydrogen-bond donors (Lipinski definition) is 2. The normalized spacial score (nSPS) is 24.8. The lowest BCUT2D eigenvalue weighted by Gasteiger charge is -2.54. The molecule has 0 radical (unpaired) electrons. The summed E-state index contributed by atoms with van der Waals surface area (Å²) in [5, 5.41) is 4.80. The average molecular weight is 699 g/mol. The van der Waals surface area contributed by atoms with Crippen molar-refractivity contribution in [2.45, 2.75) is 116 Å². The summed E-state index contributed by atoms with van der Waals surface area (Å²) in [5.41, 5.74) is 2.67. The lowest BCUT2D eigenvalue weighted by atomic mass is 9.71. The molecule has 3 atom stereocenters. The molecule has 2 heterocycles. The number of likely N-dealkylation sites (N-methyl/N-ethyl adjacent to an activating group) is 1. The fraction of sp³-hybridized carbons (Fsp3) is 0.561. The van der Waals surface area contributed by atoms with Crippen LogP contribution in [0.15, 0.2) is 73.2 Å². The van der Waals surface area contributed by atoms with Crippen LogP contribution in [-0.2, 0) is 38.7 Å². The van der Waals surface area contributed by atoms with Crippen molar-refractivity contribution in [1.29, 1.82) is 0 Å². The quantitative estimate of drug-likeness (QED) is 0.174. The number of aromatic nitrogens is 2. The van der Waals surface area contributed by atoms with Crippen molar-refractivity contribution in [2.24, 2.45) is 17.3 Å². The number of carbonyl (C=O) groups is 3. The molecule has 1 aliphatic heterocycles. The Balaban J connectivity index is 1.20. The standard InChI is InChI=1S/C41H55N5O5/c1-41(2,33-17-11-6-12-18-33)28-43-38(47)37(23-30-19-21-35(22-20-30)50-26-31-13-7-4-8-14-31)46(3)39(48)36(24-34-25-42-29-44-34)45(46)40(49)51-27-32-15-9-5-10-16-32/h4-5,7-10,13-16,25,29-30,33,35-37H,6,11-12,17-24,26-28H2,1-3H3,(H-,42,43,44,47)/p+1/t30?,35?,36-,37?,46?/m0/s1. The summed E-state index contributed by atoms with van der Waals surface area (Å²) in [7, 11) is 1.72. The van der Waals surface area contributed by atoms with Crippen molar-refractivity contribution in [3.05, 3.63) is 90.0 Å². The van der Waals surface area contributed by atoms with Crippen LogP contribution in [0.5, 0.6) is 0 Å². The molecule has 1 saturated heterocycles. The Labute approximate surface area is 302 Å². The minimum Gasteiger partial charge on any atom is -0.441 e. The first-order valence-electron chi connectivity index (χ1n) is 19.0. The lowest BCUT2D eigenvalue weighted by Crippen LogP contribution is -2.85. The fourth-order valence-electron chi connectivity index (χ4n) is 8.55. The van der Waals surface area contributed by atoms with Crippen molar-refractivity contribution in [3.8, 4) is 0 Å². The van der Waals surface area contributed by atoms with E-state index < -0.39 is 22.8 Å². The van der Waals surface area contributed by atoms with Gasteiger partial charge >= 0.3 is 12.0 Å². The molecule has 274 valence electrons. The van der Waals surface area contributed by atoms with E-state index in [0.29, 0.717) is 25.5 Å². The minimum absolute atomic E-state index is 0.0700. The van der Waals surface area contributed by atoms with E-state index in [0.717, 1.165) is 42.5 Å². The Hall–Kier alpha value is -4.02. The van der Waals surface area contributed by atoms with E-state index in [2.05, 4.69) is 41.3 Å². The van der Waals surface area contributed by atoms with Gasteiger partial charge in [0.25, 0.3) is 5.91 Å². The maximum Gasteiger partial charge on any atom is 0.456 e. The van der Waals surface area contributed by atoms with Gasteiger partial charge in [-0.25, -0.2) is 14.6 Å². The smallest absolute Gasteiger partial charge is 0.441 e. The minimum atomic E-state index is -0.784. The number of carbonyl (C=O) groups excluding carboxylic acids is 3. The highest BCUT2D eigenvalue weighted by Crippen LogP contribution is 2.41. The molecule has 51 heavy (non-hydrogen) atoms. The van der Waals surface area contributed by atoms with Gasteiger partial charge in [-0.2, -0.15) is 0 Å². The van der Waals surface area contributed by atoms with Gasteiger partial charge in [-0.15, -0.1) is 9.60 Å². The predicted octanol–water partition coefficient (Wildman–Crippen LogP) is 7.12. The number of benzene rings is 2. The van der Waals surface area contributed by atoms with Crippen LogP contribution in [0, 0.1) is 17.3 Å². The number of amides is 3. The van der Waals surface area contributed by atoms with E-state index in [1.165, 1.54) is 37.1 Å². The largest absolute Gasteiger partial charge is 0.456 e. The second-order valence-electron chi connectivity index (χ2n) is 15.8. The van der Waals surface area contributed by atoms with Gasteiger partial charge in [0.1, 0.15) is 6.61 Å². The average Bonchev–Trinajstić information content (AvgIpc) is 3.69. The zero-order valence-electron chi connectivity index (χ0n) is 30.6. The zero-order chi connectivity index (χ0) is 35.8. The second-order valence-corrected chi connectivity index (χ2v) is 15.8. The second kappa shape index (κ2) is 16.5. The SMILES string of the molecule is CC(C)(CNC(=O)C(CC1CCC(OCc2ccccc2)CC1)[N+]1(C)C(=O)[C@H](Cc2cnc[nH]2)N1C(=O)OCc1ccccc1)C1CCCCC1. The molecule has 2 unspecified atom stereocenters. The number of nitrogens with zero attached hydrogens (tertiary/aromatic N) is 3. The molecule has 0 bridgehead atoms. The molecule has 2 saturated carbocycles. The topological polar surface area (TPSA) is 114 Å². The molecule has 1 aromatic heterocycles. The highest BCUT2D eigenvalue weighted by atomic mass is 16.6. The molecule has 3 aliphatic rings. The van der Waals surface area contributed by atoms with Gasteiger partial charge in [-0.3, -0.25) is 4.79 Å². The molecule has 3 aromatic rings. The number of aromatic amines is 1. The Bertz CT molecular complexity index is 1570. The Morgan fingerprint density at radius 1 is 0.941 bits per heavy atom. The van der Waals surface area contributed by atoms with Gasteiger partial charge in [0.05, 0.1) is 26.1 Å². The monoisotopic (exact) mass is 698 g/mol. The molecule has 0 spiro atoms. The number of imidazole rings is 1. The maximum atomic E-state index is 14.5. The molecular weight excluding hydrogens is 642 g/mol. The van der Waals surface area contributed by atoms with E-state index in [4.69, 9.17) is 9.47 Å². The number of rotatable bonds is 14. The van der Waals surface area contributed by atoms with Gasteiger partial charge in [0.15, 0.2) is 6.04 Å². The van der Waals surface area contributed by atoms with Gasteiger partial charge in [-0.1, -0.05) is 93.8 Å². The Kier molecular flexibility index (Phi) is 11.9. The molecule has 3 fully saturated rings. The number of quaternary nitrogens is 1. The summed E-state index contributed by atoms with van der Waals surface area (Å²) in [6, 6.07) is 18.2. The molecule has 10 nitrogen and oxygen atoms in total. The third-order valence-electron chi connectivity index (χ3n) is 11.9. The summed E-state index contributed by atoms with van der Waals surface area (Å²) >= 11 is 0. The van der Waals surface area contributed by atoms with E-state index in [9.17, 15) is 14.4 Å². The Morgan fingerprint density at radius 2 is 1.59 bits per heavy atom. The van der Waals surface area contributed by atoms with Crippen LogP contribution in [0.4, 0.5) is 4.79 Å². The van der Waals surface area contributed by atoms with Crippen LogP contribution >= 0.6 is 0 Å². The number of nitrogens with one attached hydrogen (secondary N) is 2. The van der Waals surface area contributed by atoms with Crippen LogP contribution < -0.4 is 5.32 Å². The van der Waals surface area contributed by atoms with E-state index in [-0.39, 0.29) is 42.3 Å². The summed E-state index contributed by atoms with van der Waals surface area (Å²) in [5.74, 6) is 0.390. The molecule has 2 aliphatic carbocycles. The van der Waals surface area contributed by atoms with Crippen LogP contribution in [0.25, 0.3) is 0 Å². The number of ether oxygens (including phenoxy) is 2. The number of H-pyrrole nitrogens is 1. The third kappa shape index (κ3) is 8.72. The van der Waals surface area contributed by atoms with Gasteiger partial charge in [-0.05, 0) is 66.9 Å². The molecule has 2 N–H and O–H groups in total. The fourth-order valence-corrected chi connectivity index (χ4v) is 8.55. The van der Waals surface area contributed by atoms with Gasteiger partial charge in [0.2, 0.25) is 6.04 Å². The predicted molar refractivity (Wildman–Crippen MR) is 194 cm³/mol. The third-order valence-corrected chi connectivity index (χ3v) is 11.9. The Morgan fingerprint density at radius 3 is 2.22 bits per heavy atom. The molecule has 2 aromatic carbocycles. The molecular formula is C41H56N5O5+. The summed E-state index contributed by atoms with van der Waals surface area (Å²) in [4.78, 5) is 50.2. The lowest BCUT2D eigenvalue weighted by molar-refractivity contribution is -0.990. The molecule has 6 rings (SSSR count). The molecule has 10 heteroatoms. The van der Waals surface area contributed by atoms with E-state index >= 15 is 0 Å². The maximum absolute atomic E-state index is 14.5. The van der Waals surface area contributed by atoms with Crippen LogP contribution in [-0.4, -0.2) is 69.3 Å². The van der Waals surface area contributed by atoms with Crippen LogP contribution in [0.1, 0.15) is 94.9 Å². The number of hydrogen-bond acceptors (Lipinski definition) is 6. The van der Waals surface area contributed by atoms with Crippen LogP contribution in [0.2, 0.25) is 0 Å². The van der Waals surface area contributed by atoms with E-state index in [1.807, 2.05) is 48.5 Å². The van der Waals surface area contributed by atoms with Gasteiger partial charge < -0.3 is 19.8 Å². The highest BCUT2D eigenvalue weighted by Gasteiger charge is 2.68. The van der Waals surface area contributed by atoms with Crippen molar-refractivity contribution in [1.82, 2.24) is 20.3 Å². The van der Waals surface area contributed by atoms with Crippen LogP contribution in [0.3, 0.4) is 0 Å². The molecule has 3 amide bonds. The van der Waals surface area contributed by atoms with Crippen molar-refractivity contribution in [2.75, 3.05) is 13.6 Å². The van der Waals surface area contributed by atoms with E-state index in [1.54, 1.807) is 19.6 Å². The van der Waals surface area contributed by atoms with Gasteiger partial charge in [0, 0.05) is 31.3 Å². The summed E-state index contributed by atoms with van der Waals surface area (Å²) < 4.78 is 11.7. The first-order chi connectivity index (χ1) is 24.6. The van der Waals surface area contributed by atoms with Crippen molar-refractivity contribution in [3.63, 3.8) is 0 Å². The highest BCUT2D eigenvalue weighted by molar-refractivity contribution is 5.90. The zero-order valence-corrected chi connectivity index (χ0v) is 30.6. The van der Waals surface area contributed by atoms with Crippen molar-refractivity contribution >= 4 is 17.9 Å².